The number of hydrogen-bond acceptors (Lipinski definition) is 7. The third-order valence-electron chi connectivity index (χ3n) is 4.45. The van der Waals surface area contributed by atoms with Crippen LogP contribution in [-0.2, 0) is 11.2 Å². The van der Waals surface area contributed by atoms with Crippen molar-refractivity contribution >= 4 is 27.9 Å². The van der Waals surface area contributed by atoms with Gasteiger partial charge < -0.3 is 14.8 Å². The zero-order valence-corrected chi connectivity index (χ0v) is 17.7. The molecule has 4 rings (SSSR count). The number of rotatable bonds is 7. The molecule has 0 spiro atoms. The molecule has 0 saturated heterocycles. The summed E-state index contributed by atoms with van der Waals surface area (Å²) in [5.41, 5.74) is 2.47. The second-order valence-corrected chi connectivity index (χ2v) is 7.60. The maximum Gasteiger partial charge on any atom is 0.262 e. The Balaban J connectivity index is 1.53. The van der Waals surface area contributed by atoms with Gasteiger partial charge in [-0.1, -0.05) is 30.4 Å². The van der Waals surface area contributed by atoms with Crippen LogP contribution in [0, 0.1) is 6.92 Å². The number of ether oxygens (including phenoxy) is 2. The molecule has 154 valence electrons. The van der Waals surface area contributed by atoms with Gasteiger partial charge in [0.25, 0.3) is 5.91 Å². The fourth-order valence-electron chi connectivity index (χ4n) is 2.97. The summed E-state index contributed by atoms with van der Waals surface area (Å²) in [5, 5.41) is 16.5. The summed E-state index contributed by atoms with van der Waals surface area (Å²) in [4.78, 5) is 13.2. The molecule has 0 saturated carbocycles. The summed E-state index contributed by atoms with van der Waals surface area (Å²) < 4.78 is 12.7. The number of nitrogens with one attached hydrogen (secondary N) is 1. The fraction of sp³-hybridized carbons (Fsp3) is 0.238. The first-order valence-corrected chi connectivity index (χ1v) is 10.3. The average molecular weight is 423 g/mol. The van der Waals surface area contributed by atoms with E-state index in [1.54, 1.807) is 17.7 Å². The van der Waals surface area contributed by atoms with E-state index in [9.17, 15) is 4.79 Å². The number of hydrogen-bond donors (Lipinski definition) is 1. The molecule has 0 aliphatic heterocycles. The normalized spacial score (nSPS) is 10.9. The van der Waals surface area contributed by atoms with Crippen molar-refractivity contribution in [2.24, 2.45) is 0 Å². The number of amides is 1. The van der Waals surface area contributed by atoms with Gasteiger partial charge in [-0.15, -0.1) is 10.2 Å². The molecule has 0 atom stereocenters. The molecule has 0 aliphatic carbocycles. The monoisotopic (exact) mass is 423 g/mol. The number of methoxy groups -OCH3 is 1. The van der Waals surface area contributed by atoms with E-state index in [1.165, 1.54) is 11.3 Å². The van der Waals surface area contributed by atoms with Crippen molar-refractivity contribution in [1.29, 1.82) is 0 Å². The molecule has 0 radical (unpaired) electrons. The van der Waals surface area contributed by atoms with E-state index in [0.29, 0.717) is 17.2 Å². The lowest BCUT2D eigenvalue weighted by Gasteiger charge is -2.12. The lowest BCUT2D eigenvalue weighted by atomic mass is 10.2. The van der Waals surface area contributed by atoms with Crippen LogP contribution in [0.15, 0.2) is 42.5 Å². The van der Waals surface area contributed by atoms with Gasteiger partial charge >= 0.3 is 0 Å². The van der Waals surface area contributed by atoms with Crippen LogP contribution < -0.4 is 14.8 Å². The van der Waals surface area contributed by atoms with Crippen molar-refractivity contribution in [2.45, 2.75) is 20.3 Å². The molecule has 0 aliphatic rings. The summed E-state index contributed by atoms with van der Waals surface area (Å²) >= 11 is 1.44. The first-order chi connectivity index (χ1) is 14.6. The molecule has 9 heteroatoms. The summed E-state index contributed by atoms with van der Waals surface area (Å²) in [5.74, 6) is 1.73. The van der Waals surface area contributed by atoms with Crippen LogP contribution in [0.25, 0.3) is 15.5 Å². The second kappa shape index (κ2) is 8.50. The van der Waals surface area contributed by atoms with Crippen LogP contribution in [0.3, 0.4) is 0 Å². The van der Waals surface area contributed by atoms with Crippen LogP contribution in [0.5, 0.6) is 11.5 Å². The Bertz CT molecular complexity index is 1200. The van der Waals surface area contributed by atoms with Gasteiger partial charge in [0, 0.05) is 12.0 Å². The number of aryl methyl sites for hydroxylation is 2. The van der Waals surface area contributed by atoms with Gasteiger partial charge in [-0.25, -0.2) is 0 Å². The van der Waals surface area contributed by atoms with Crippen LogP contribution in [0.1, 0.15) is 18.3 Å². The Labute approximate surface area is 177 Å². The summed E-state index contributed by atoms with van der Waals surface area (Å²) in [7, 11) is 1.56. The largest absolute Gasteiger partial charge is 0.495 e. The lowest BCUT2D eigenvalue weighted by Crippen LogP contribution is -2.20. The van der Waals surface area contributed by atoms with Crippen LogP contribution in [-0.4, -0.2) is 39.4 Å². The predicted octanol–water partition coefficient (Wildman–Crippen LogP) is 3.75. The molecule has 30 heavy (non-hydrogen) atoms. The van der Waals surface area contributed by atoms with Crippen LogP contribution in [0.4, 0.5) is 5.69 Å². The van der Waals surface area contributed by atoms with E-state index in [1.807, 2.05) is 50.2 Å². The quantitative estimate of drug-likeness (QED) is 0.487. The Morgan fingerprint density at radius 2 is 2.07 bits per heavy atom. The van der Waals surface area contributed by atoms with E-state index in [-0.39, 0.29) is 12.5 Å². The number of benzene rings is 2. The van der Waals surface area contributed by atoms with Crippen molar-refractivity contribution in [2.75, 3.05) is 19.0 Å². The van der Waals surface area contributed by atoms with Crippen LogP contribution in [0.2, 0.25) is 0 Å². The highest BCUT2D eigenvalue weighted by Crippen LogP contribution is 2.32. The molecule has 1 amide bonds. The van der Waals surface area contributed by atoms with Gasteiger partial charge in [-0.2, -0.15) is 9.61 Å². The maximum atomic E-state index is 12.4. The van der Waals surface area contributed by atoms with E-state index in [2.05, 4.69) is 20.6 Å². The Morgan fingerprint density at radius 3 is 2.83 bits per heavy atom. The first kappa shape index (κ1) is 19.8. The highest BCUT2D eigenvalue weighted by Gasteiger charge is 2.15. The van der Waals surface area contributed by atoms with Gasteiger partial charge in [-0.3, -0.25) is 4.79 Å². The molecule has 2 aromatic carbocycles. The minimum absolute atomic E-state index is 0.104. The minimum Gasteiger partial charge on any atom is -0.495 e. The van der Waals surface area contributed by atoms with Gasteiger partial charge in [0.2, 0.25) is 4.96 Å². The number of nitrogens with zero attached hydrogens (tertiary/aromatic N) is 4. The lowest BCUT2D eigenvalue weighted by molar-refractivity contribution is -0.118. The number of anilines is 1. The zero-order chi connectivity index (χ0) is 21.1. The standard InChI is InChI=1S/C21H21N5O3S/c1-4-18-23-24-21-26(18)25-20(30-21)14-8-9-17(28-3)16(11-14)22-19(27)12-29-15-7-5-6-13(2)10-15/h5-11H,4,12H2,1-3H3,(H,22,27). The van der Waals surface area contributed by atoms with Crippen molar-refractivity contribution in [3.05, 3.63) is 53.9 Å². The molecule has 0 bridgehead atoms. The fourth-order valence-corrected chi connectivity index (χ4v) is 3.83. The molecule has 8 nitrogen and oxygen atoms in total. The maximum absolute atomic E-state index is 12.4. The van der Waals surface area contributed by atoms with Crippen molar-refractivity contribution in [3.8, 4) is 22.1 Å². The number of fused-ring (bicyclic) bond motifs is 1. The second-order valence-electron chi connectivity index (χ2n) is 6.64. The van der Waals surface area contributed by atoms with Crippen molar-refractivity contribution in [1.82, 2.24) is 19.8 Å². The molecular weight excluding hydrogens is 402 g/mol. The molecular formula is C21H21N5O3S. The van der Waals surface area contributed by atoms with E-state index < -0.39 is 0 Å². The molecule has 2 heterocycles. The van der Waals surface area contributed by atoms with Gasteiger partial charge in [0.15, 0.2) is 12.4 Å². The minimum atomic E-state index is -0.279. The van der Waals surface area contributed by atoms with Crippen LogP contribution >= 0.6 is 11.3 Å². The Hall–Kier alpha value is -3.46. The number of carbonyl (C=O) groups excluding carboxylic acids is 1. The Morgan fingerprint density at radius 1 is 1.20 bits per heavy atom. The van der Waals surface area contributed by atoms with E-state index in [0.717, 1.165) is 33.3 Å². The summed E-state index contributed by atoms with van der Waals surface area (Å²) in [6.07, 6.45) is 0.745. The third-order valence-corrected chi connectivity index (χ3v) is 5.40. The smallest absolute Gasteiger partial charge is 0.262 e. The molecule has 0 unspecified atom stereocenters. The average Bonchev–Trinajstić information content (AvgIpc) is 3.33. The van der Waals surface area contributed by atoms with Gasteiger partial charge in [0.05, 0.1) is 12.8 Å². The molecule has 4 aromatic rings. The van der Waals surface area contributed by atoms with Crippen molar-refractivity contribution < 1.29 is 14.3 Å². The number of carbonyl (C=O) groups is 1. The van der Waals surface area contributed by atoms with Gasteiger partial charge in [0.1, 0.15) is 16.5 Å². The van der Waals surface area contributed by atoms with Crippen molar-refractivity contribution in [3.63, 3.8) is 0 Å². The highest BCUT2D eigenvalue weighted by atomic mass is 32.1. The first-order valence-electron chi connectivity index (χ1n) is 9.46. The SMILES string of the molecule is CCc1nnc2sc(-c3ccc(OC)c(NC(=O)COc4cccc(C)c4)c3)nn12. The molecule has 0 fully saturated rings. The molecule has 1 N–H and O–H groups in total. The number of aromatic nitrogens is 4. The topological polar surface area (TPSA) is 90.6 Å². The zero-order valence-electron chi connectivity index (χ0n) is 16.9. The predicted molar refractivity (Wildman–Crippen MR) is 115 cm³/mol. The Kier molecular flexibility index (Phi) is 5.62. The summed E-state index contributed by atoms with van der Waals surface area (Å²) in [6, 6.07) is 13.1. The van der Waals surface area contributed by atoms with E-state index in [4.69, 9.17) is 9.47 Å². The van der Waals surface area contributed by atoms with Gasteiger partial charge in [-0.05, 0) is 42.8 Å². The highest BCUT2D eigenvalue weighted by molar-refractivity contribution is 7.19. The molecule has 2 aromatic heterocycles. The third kappa shape index (κ3) is 4.11. The summed E-state index contributed by atoms with van der Waals surface area (Å²) in [6.45, 7) is 3.88. The van der Waals surface area contributed by atoms with E-state index >= 15 is 0 Å².